The van der Waals surface area contributed by atoms with Gasteiger partial charge in [0.1, 0.15) is 0 Å². The van der Waals surface area contributed by atoms with E-state index >= 15 is 0 Å². The van der Waals surface area contributed by atoms with Crippen LogP contribution in [0.1, 0.15) is 37.3 Å². The predicted molar refractivity (Wildman–Crippen MR) is 149 cm³/mol. The summed E-state index contributed by atoms with van der Waals surface area (Å²) in [6.07, 6.45) is -2.79. The molecule has 2 heterocycles. The van der Waals surface area contributed by atoms with E-state index in [0.29, 0.717) is 35.6 Å². The first-order valence-corrected chi connectivity index (χ1v) is 12.8. The van der Waals surface area contributed by atoms with E-state index in [2.05, 4.69) is 22.2 Å². The fourth-order valence-electron chi connectivity index (χ4n) is 4.42. The highest BCUT2D eigenvalue weighted by molar-refractivity contribution is 6.22. The molecule has 0 fully saturated rings. The second-order valence-corrected chi connectivity index (χ2v) is 9.16. The lowest BCUT2D eigenvalue weighted by Crippen LogP contribution is -2.51. The largest absolute Gasteiger partial charge is 0.389 e. The molecule has 2 unspecified atom stereocenters. The zero-order valence-electron chi connectivity index (χ0n) is 22.1. The number of halogens is 3. The van der Waals surface area contributed by atoms with E-state index in [1.165, 1.54) is 4.90 Å². The van der Waals surface area contributed by atoms with Gasteiger partial charge in [0.25, 0.3) is 5.91 Å². The van der Waals surface area contributed by atoms with Crippen molar-refractivity contribution >= 4 is 34.8 Å². The first-order chi connectivity index (χ1) is 19.1. The normalized spacial score (nSPS) is 16.9. The first-order valence-electron chi connectivity index (χ1n) is 12.8. The number of para-hydroxylation sites is 1. The van der Waals surface area contributed by atoms with Crippen LogP contribution in [-0.4, -0.2) is 48.9 Å². The summed E-state index contributed by atoms with van der Waals surface area (Å²) >= 11 is 0. The predicted octanol–water partition coefficient (Wildman–Crippen LogP) is 4.32. The number of amides is 3. The van der Waals surface area contributed by atoms with Crippen LogP contribution in [-0.2, 0) is 14.4 Å². The van der Waals surface area contributed by atoms with Crippen molar-refractivity contribution in [1.29, 1.82) is 0 Å². The molecule has 0 aromatic heterocycles. The number of carbonyl (C=O) groups excluding carboxylic acids is 3. The van der Waals surface area contributed by atoms with Crippen molar-refractivity contribution in [3.8, 4) is 0 Å². The number of primary amides is 1. The molecule has 4 rings (SSSR count). The van der Waals surface area contributed by atoms with E-state index in [9.17, 15) is 27.6 Å². The van der Waals surface area contributed by atoms with Crippen molar-refractivity contribution in [1.82, 2.24) is 5.32 Å². The lowest BCUT2D eigenvalue weighted by molar-refractivity contribution is -0.143. The average Bonchev–Trinajstić information content (AvgIpc) is 3.03. The van der Waals surface area contributed by atoms with Crippen LogP contribution in [0.5, 0.6) is 0 Å². The number of alkyl halides is 3. The number of nitrogens with two attached hydrogens (primary N) is 1. The number of carbonyl (C=O) groups is 3. The number of aliphatic imine (C=N–C) groups is 1. The maximum absolute atomic E-state index is 13.5. The number of anilines is 2. The fourth-order valence-corrected chi connectivity index (χ4v) is 4.42. The van der Waals surface area contributed by atoms with Gasteiger partial charge in [-0.1, -0.05) is 67.3 Å². The molecule has 0 spiro atoms. The van der Waals surface area contributed by atoms with E-state index in [4.69, 9.17) is 5.73 Å². The van der Waals surface area contributed by atoms with Gasteiger partial charge >= 0.3 is 6.18 Å². The van der Waals surface area contributed by atoms with Gasteiger partial charge in [-0.05, 0) is 19.4 Å². The molecule has 2 aromatic carbocycles. The molecule has 2 aliphatic rings. The summed E-state index contributed by atoms with van der Waals surface area (Å²) < 4.78 is 38.4. The van der Waals surface area contributed by atoms with Crippen molar-refractivity contribution in [2.75, 3.05) is 23.3 Å². The van der Waals surface area contributed by atoms with Crippen LogP contribution < -0.4 is 21.3 Å². The summed E-state index contributed by atoms with van der Waals surface area (Å²) in [4.78, 5) is 44.0. The number of hydrogen-bond donors (Lipinski definition) is 3. The topological polar surface area (TPSA) is 117 Å². The van der Waals surface area contributed by atoms with Crippen LogP contribution >= 0.6 is 0 Å². The van der Waals surface area contributed by atoms with Gasteiger partial charge in [-0.15, -0.1) is 0 Å². The second kappa shape index (κ2) is 13.6. The highest BCUT2D eigenvalue weighted by Gasteiger charge is 2.38. The highest BCUT2D eigenvalue weighted by atomic mass is 19.4. The third-order valence-corrected chi connectivity index (χ3v) is 6.22. The molecule has 0 saturated heterocycles. The van der Waals surface area contributed by atoms with Gasteiger partial charge in [0.15, 0.2) is 0 Å². The van der Waals surface area contributed by atoms with Crippen molar-refractivity contribution < 1.29 is 27.6 Å². The van der Waals surface area contributed by atoms with Crippen LogP contribution in [0.15, 0.2) is 78.3 Å². The van der Waals surface area contributed by atoms with Crippen LogP contribution in [0.4, 0.5) is 24.5 Å². The van der Waals surface area contributed by atoms with E-state index in [1.807, 2.05) is 67.6 Å². The molecule has 11 heteroatoms. The summed E-state index contributed by atoms with van der Waals surface area (Å²) in [5.41, 5.74) is 8.35. The minimum absolute atomic E-state index is 0.311. The molecule has 40 heavy (non-hydrogen) atoms. The molecule has 2 aromatic rings. The summed E-state index contributed by atoms with van der Waals surface area (Å²) in [6, 6.07) is 14.6. The summed E-state index contributed by atoms with van der Waals surface area (Å²) in [5.74, 6) is -3.66. The number of nitrogens with zero attached hydrogens (tertiary/aromatic N) is 2. The van der Waals surface area contributed by atoms with Gasteiger partial charge in [0, 0.05) is 43.0 Å². The number of allylic oxidation sites excluding steroid dienone is 3. The van der Waals surface area contributed by atoms with Gasteiger partial charge in [0.05, 0.1) is 17.1 Å². The van der Waals surface area contributed by atoms with E-state index < -0.39 is 55.2 Å². The van der Waals surface area contributed by atoms with Crippen LogP contribution in [0.25, 0.3) is 0 Å². The lowest BCUT2D eigenvalue weighted by atomic mass is 9.97. The minimum atomic E-state index is -4.51. The number of nitrogens with one attached hydrogen (secondary N) is 2. The molecule has 0 bridgehead atoms. The van der Waals surface area contributed by atoms with Crippen molar-refractivity contribution in [3.05, 3.63) is 84.5 Å². The third kappa shape index (κ3) is 7.81. The average molecular weight is 556 g/mol. The van der Waals surface area contributed by atoms with Crippen LogP contribution in [0, 0.1) is 5.92 Å². The van der Waals surface area contributed by atoms with E-state index in [0.717, 1.165) is 5.69 Å². The maximum Gasteiger partial charge on any atom is 0.389 e. The van der Waals surface area contributed by atoms with Crippen molar-refractivity contribution in [3.63, 3.8) is 0 Å². The molecule has 212 valence electrons. The van der Waals surface area contributed by atoms with Gasteiger partial charge in [-0.3, -0.25) is 14.4 Å². The quantitative estimate of drug-likeness (QED) is 0.421. The Morgan fingerprint density at radius 3 is 2.55 bits per heavy atom. The van der Waals surface area contributed by atoms with Crippen LogP contribution in [0.2, 0.25) is 0 Å². The molecule has 8 nitrogen and oxygen atoms in total. The van der Waals surface area contributed by atoms with Crippen molar-refractivity contribution in [2.24, 2.45) is 16.6 Å². The third-order valence-electron chi connectivity index (χ3n) is 6.22. The Kier molecular flexibility index (Phi) is 10.2. The smallest absolute Gasteiger partial charge is 0.382 e. The van der Waals surface area contributed by atoms with Crippen molar-refractivity contribution in [2.45, 2.75) is 38.5 Å². The van der Waals surface area contributed by atoms with Crippen LogP contribution in [0.3, 0.4) is 0 Å². The van der Waals surface area contributed by atoms with Gasteiger partial charge in [-0.2, -0.15) is 13.2 Å². The molecule has 4 N–H and O–H groups in total. The van der Waals surface area contributed by atoms with Gasteiger partial charge in [-0.25, -0.2) is 4.99 Å². The Morgan fingerprint density at radius 1 is 1.23 bits per heavy atom. The standard InChI is InChI=1S/C24H24F3N5O3.C5H8/c25-24(26,27)10-9-15(13-18(28)33)22(34)31-21-23(35)32-12-11-29-17-8-4-7-16(20(17)32)19(30-21)14-5-2-1-3-6-14;1-3-5-4-2/h1-8,15,21,29H,9-13H2,(H2,28,33)(H,31,34);3-5H,1H2,2H3/b;5-4-. The SMILES string of the molecule is C=C/C=C\C.NC(=O)CC(CCC(F)(F)F)C(=O)NC1N=C(c2ccccc2)c2cccc3c2N(CCN3)C1=O. The molecule has 3 amide bonds. The number of benzene rings is 2. The number of hydrogen-bond acceptors (Lipinski definition) is 5. The number of rotatable bonds is 8. The second-order valence-electron chi connectivity index (χ2n) is 9.16. The molecule has 0 aliphatic carbocycles. The monoisotopic (exact) mass is 555 g/mol. The lowest BCUT2D eigenvalue weighted by Gasteiger charge is -2.32. The molecule has 2 aliphatic heterocycles. The highest BCUT2D eigenvalue weighted by Crippen LogP contribution is 2.37. The minimum Gasteiger partial charge on any atom is -0.382 e. The Morgan fingerprint density at radius 2 is 1.95 bits per heavy atom. The van der Waals surface area contributed by atoms with Gasteiger partial charge in [0.2, 0.25) is 18.0 Å². The maximum atomic E-state index is 13.5. The summed E-state index contributed by atoms with van der Waals surface area (Å²) in [6.45, 7) is 6.21. The van der Waals surface area contributed by atoms with E-state index in [1.54, 1.807) is 6.08 Å². The molecule has 2 atom stereocenters. The molecule has 0 saturated carbocycles. The Labute approximate surface area is 230 Å². The molecule has 0 radical (unpaired) electrons. The summed E-state index contributed by atoms with van der Waals surface area (Å²) in [5, 5.41) is 5.73. The Bertz CT molecular complexity index is 1290. The Balaban J connectivity index is 0.000000810. The fraction of sp³-hybridized carbons (Fsp3) is 0.310. The Hall–Kier alpha value is -4.41. The molecular formula is C29H32F3N5O3. The zero-order valence-corrected chi connectivity index (χ0v) is 22.1. The van der Waals surface area contributed by atoms with E-state index in [-0.39, 0.29) is 0 Å². The first kappa shape index (κ1) is 30.1. The zero-order chi connectivity index (χ0) is 29.3. The summed E-state index contributed by atoms with van der Waals surface area (Å²) in [7, 11) is 0. The molecular weight excluding hydrogens is 523 g/mol. The van der Waals surface area contributed by atoms with Gasteiger partial charge < -0.3 is 21.3 Å².